The summed E-state index contributed by atoms with van der Waals surface area (Å²) in [7, 11) is 0. The third kappa shape index (κ3) is 14.1. The first-order valence-corrected chi connectivity index (χ1v) is 10.2. The maximum atomic E-state index is 2.40. The van der Waals surface area contributed by atoms with Gasteiger partial charge in [-0.15, -0.1) is 0 Å². The van der Waals surface area contributed by atoms with Crippen molar-refractivity contribution in [2.45, 2.75) is 121 Å². The second-order valence-corrected chi connectivity index (χ2v) is 11.6. The smallest absolute Gasteiger partial charge is 0.0383 e. The van der Waals surface area contributed by atoms with Crippen molar-refractivity contribution in [3.8, 4) is 0 Å². The van der Waals surface area contributed by atoms with Crippen LogP contribution in [0, 0.1) is 28.1 Å². The van der Waals surface area contributed by atoms with Crippen LogP contribution in [0.1, 0.15) is 121 Å². The lowest BCUT2D eigenvalue weighted by atomic mass is 9.72. The van der Waals surface area contributed by atoms with Crippen LogP contribution in [0.2, 0.25) is 0 Å². The lowest BCUT2D eigenvalue weighted by molar-refractivity contribution is 0.182. The third-order valence-corrected chi connectivity index (χ3v) is 5.12. The minimum absolute atomic E-state index is 0.473. The Morgan fingerprint density at radius 1 is 0.478 bits per heavy atom. The van der Waals surface area contributed by atoms with Crippen LogP contribution in [0.4, 0.5) is 0 Å². The maximum Gasteiger partial charge on any atom is -0.0383 e. The van der Waals surface area contributed by atoms with Crippen molar-refractivity contribution in [2.75, 3.05) is 0 Å². The molecule has 0 rings (SSSR count). The fourth-order valence-corrected chi connectivity index (χ4v) is 3.46. The van der Waals surface area contributed by atoms with E-state index >= 15 is 0 Å². The van der Waals surface area contributed by atoms with Gasteiger partial charge in [0.2, 0.25) is 0 Å². The van der Waals surface area contributed by atoms with E-state index < -0.39 is 0 Å². The molecule has 140 valence electrons. The molecule has 0 aromatic rings. The highest BCUT2D eigenvalue weighted by Crippen LogP contribution is 2.38. The van der Waals surface area contributed by atoms with Crippen LogP contribution in [0.3, 0.4) is 0 Å². The molecular weight excluding hydrogens is 276 g/mol. The average molecular weight is 325 g/mol. The summed E-state index contributed by atoms with van der Waals surface area (Å²) < 4.78 is 0. The van der Waals surface area contributed by atoms with Gasteiger partial charge < -0.3 is 0 Å². The fraction of sp³-hybridized carbons (Fsp3) is 1.00. The summed E-state index contributed by atoms with van der Waals surface area (Å²) in [6, 6.07) is 0. The molecule has 0 aromatic heterocycles. The van der Waals surface area contributed by atoms with Gasteiger partial charge in [-0.25, -0.2) is 0 Å². The minimum atomic E-state index is 0.473. The molecule has 0 bridgehead atoms. The topological polar surface area (TPSA) is 0 Å². The molecule has 0 aliphatic rings. The number of hydrogen-bond acceptors (Lipinski definition) is 0. The van der Waals surface area contributed by atoms with Crippen molar-refractivity contribution in [2.24, 2.45) is 28.1 Å². The Balaban J connectivity index is 4.89. The summed E-state index contributed by atoms with van der Waals surface area (Å²) in [5, 5.41) is 0. The minimum Gasteiger partial charge on any atom is -0.0654 e. The largest absolute Gasteiger partial charge is 0.0654 e. The van der Waals surface area contributed by atoms with E-state index in [0.717, 1.165) is 11.8 Å². The molecule has 0 radical (unpaired) electrons. The highest BCUT2D eigenvalue weighted by Gasteiger charge is 2.26. The lowest BCUT2D eigenvalue weighted by Gasteiger charge is -2.33. The van der Waals surface area contributed by atoms with Crippen LogP contribution >= 0.6 is 0 Å². The SMILES string of the molecule is CCCC(CCC(C)(C)C)C(CCC(C)(C)C)CCC(C)(C)C. The first kappa shape index (κ1) is 23.0. The molecule has 0 aliphatic heterocycles. The highest BCUT2D eigenvalue weighted by atomic mass is 14.3. The molecule has 0 aromatic carbocycles. The molecule has 0 heteroatoms. The Morgan fingerprint density at radius 2 is 0.739 bits per heavy atom. The second-order valence-electron chi connectivity index (χ2n) is 11.6. The summed E-state index contributed by atoms with van der Waals surface area (Å²) in [5.41, 5.74) is 1.42. The van der Waals surface area contributed by atoms with E-state index in [-0.39, 0.29) is 0 Å². The number of rotatable bonds is 9. The predicted octanol–water partition coefficient (Wildman–Crippen LogP) is 8.50. The predicted molar refractivity (Wildman–Crippen MR) is 108 cm³/mol. The standard InChI is InChI=1S/C23H48/c1-11-12-19(13-16-21(2,3)4)20(14-17-22(5,6)7)15-18-23(8,9)10/h19-20H,11-18H2,1-10H3. The van der Waals surface area contributed by atoms with Crippen LogP contribution in [0.15, 0.2) is 0 Å². The molecule has 0 amide bonds. The van der Waals surface area contributed by atoms with Crippen LogP contribution in [-0.4, -0.2) is 0 Å². The zero-order valence-electron chi connectivity index (χ0n) is 18.3. The van der Waals surface area contributed by atoms with Gasteiger partial charge in [0.25, 0.3) is 0 Å². The molecule has 1 atom stereocenters. The van der Waals surface area contributed by atoms with Gasteiger partial charge >= 0.3 is 0 Å². The fourth-order valence-electron chi connectivity index (χ4n) is 3.46. The maximum absolute atomic E-state index is 2.40. The van der Waals surface area contributed by atoms with Crippen molar-refractivity contribution in [1.29, 1.82) is 0 Å². The second kappa shape index (κ2) is 9.47. The van der Waals surface area contributed by atoms with Crippen molar-refractivity contribution in [3.05, 3.63) is 0 Å². The number of hydrogen-bond donors (Lipinski definition) is 0. The zero-order chi connectivity index (χ0) is 18.3. The van der Waals surface area contributed by atoms with Crippen LogP contribution in [-0.2, 0) is 0 Å². The summed E-state index contributed by atoms with van der Waals surface area (Å²) in [5.74, 6) is 1.86. The monoisotopic (exact) mass is 324 g/mol. The van der Waals surface area contributed by atoms with E-state index in [2.05, 4.69) is 69.2 Å². The van der Waals surface area contributed by atoms with E-state index in [1.807, 2.05) is 0 Å². The van der Waals surface area contributed by atoms with Gasteiger partial charge in [-0.1, -0.05) is 82.1 Å². The van der Waals surface area contributed by atoms with Crippen LogP contribution in [0.25, 0.3) is 0 Å². The molecule has 0 heterocycles. The summed E-state index contributed by atoms with van der Waals surface area (Å²) in [6.45, 7) is 24.0. The van der Waals surface area contributed by atoms with Gasteiger partial charge in [0.15, 0.2) is 0 Å². The normalized spacial score (nSPS) is 15.3. The molecular formula is C23H48. The Labute approximate surface area is 149 Å². The van der Waals surface area contributed by atoms with Gasteiger partial charge in [0.05, 0.1) is 0 Å². The van der Waals surface area contributed by atoms with Gasteiger partial charge in [-0.2, -0.15) is 0 Å². The Bertz CT molecular complexity index is 273. The summed E-state index contributed by atoms with van der Waals surface area (Å²) in [6.07, 6.45) is 11.2. The van der Waals surface area contributed by atoms with Gasteiger partial charge in [-0.3, -0.25) is 0 Å². The van der Waals surface area contributed by atoms with E-state index in [0.29, 0.717) is 16.2 Å². The molecule has 0 saturated heterocycles. The van der Waals surface area contributed by atoms with Crippen molar-refractivity contribution in [3.63, 3.8) is 0 Å². The molecule has 0 saturated carbocycles. The molecule has 0 spiro atoms. The molecule has 0 nitrogen and oxygen atoms in total. The molecule has 0 N–H and O–H groups in total. The zero-order valence-corrected chi connectivity index (χ0v) is 18.3. The summed E-state index contributed by atoms with van der Waals surface area (Å²) >= 11 is 0. The molecule has 0 aliphatic carbocycles. The van der Waals surface area contributed by atoms with Gasteiger partial charge in [-0.05, 0) is 66.6 Å². The van der Waals surface area contributed by atoms with E-state index in [9.17, 15) is 0 Å². The van der Waals surface area contributed by atoms with E-state index in [1.165, 1.54) is 51.4 Å². The lowest BCUT2D eigenvalue weighted by Crippen LogP contribution is -2.21. The van der Waals surface area contributed by atoms with E-state index in [1.54, 1.807) is 0 Å². The molecule has 1 unspecified atom stereocenters. The van der Waals surface area contributed by atoms with Gasteiger partial charge in [0, 0.05) is 0 Å². The Kier molecular flexibility index (Phi) is 9.47. The van der Waals surface area contributed by atoms with E-state index in [4.69, 9.17) is 0 Å². The quantitative estimate of drug-likeness (QED) is 0.399. The van der Waals surface area contributed by atoms with Crippen LogP contribution < -0.4 is 0 Å². The third-order valence-electron chi connectivity index (χ3n) is 5.12. The molecule has 23 heavy (non-hydrogen) atoms. The first-order chi connectivity index (χ1) is 10.2. The van der Waals surface area contributed by atoms with Crippen molar-refractivity contribution in [1.82, 2.24) is 0 Å². The highest BCUT2D eigenvalue weighted by molar-refractivity contribution is 4.77. The first-order valence-electron chi connectivity index (χ1n) is 10.2. The Hall–Kier alpha value is 0. The summed E-state index contributed by atoms with van der Waals surface area (Å²) in [4.78, 5) is 0. The molecule has 0 fully saturated rings. The van der Waals surface area contributed by atoms with Gasteiger partial charge in [0.1, 0.15) is 0 Å². The Morgan fingerprint density at radius 3 is 0.957 bits per heavy atom. The average Bonchev–Trinajstić information content (AvgIpc) is 2.31. The van der Waals surface area contributed by atoms with Crippen molar-refractivity contribution >= 4 is 0 Å². The van der Waals surface area contributed by atoms with Crippen LogP contribution in [0.5, 0.6) is 0 Å². The van der Waals surface area contributed by atoms with Crippen molar-refractivity contribution < 1.29 is 0 Å².